The van der Waals surface area contributed by atoms with Gasteiger partial charge < -0.3 is 0 Å². The molecular formula is C15H17Br2F. The van der Waals surface area contributed by atoms with E-state index in [1.165, 1.54) is 49.8 Å². The molecule has 0 aliphatic heterocycles. The Hall–Kier alpha value is -0.150. The average molecular weight is 376 g/mol. The third-order valence-corrected chi connectivity index (χ3v) is 4.92. The lowest BCUT2D eigenvalue weighted by Crippen LogP contribution is -2.10. The maximum Gasteiger partial charge on any atom is 0.124 e. The van der Waals surface area contributed by atoms with Crippen LogP contribution in [0.5, 0.6) is 0 Å². The zero-order valence-corrected chi connectivity index (χ0v) is 13.4. The molecule has 0 nitrogen and oxygen atoms in total. The van der Waals surface area contributed by atoms with E-state index < -0.39 is 0 Å². The lowest BCUT2D eigenvalue weighted by Gasteiger charge is -2.23. The Kier molecular flexibility index (Phi) is 5.43. The molecule has 0 bridgehead atoms. The second-order valence-corrected chi connectivity index (χ2v) is 6.27. The van der Waals surface area contributed by atoms with Crippen LogP contribution in [-0.2, 0) is 0 Å². The van der Waals surface area contributed by atoms with Gasteiger partial charge in [-0.25, -0.2) is 4.39 Å². The first-order valence-corrected chi connectivity index (χ1v) is 8.33. The Bertz CT molecular complexity index is 434. The molecular weight excluding hydrogens is 359 g/mol. The minimum absolute atomic E-state index is 0.197. The predicted octanol–water partition coefficient (Wildman–Crippen LogP) is 5.95. The van der Waals surface area contributed by atoms with E-state index in [4.69, 9.17) is 0 Å². The van der Waals surface area contributed by atoms with Crippen LogP contribution >= 0.6 is 31.9 Å². The lowest BCUT2D eigenvalue weighted by molar-refractivity contribution is 0.405. The van der Waals surface area contributed by atoms with Crippen molar-refractivity contribution in [3.8, 4) is 0 Å². The highest BCUT2D eigenvalue weighted by Crippen LogP contribution is 2.32. The molecule has 0 saturated heterocycles. The van der Waals surface area contributed by atoms with Gasteiger partial charge in [-0.15, -0.1) is 0 Å². The summed E-state index contributed by atoms with van der Waals surface area (Å²) in [5, 5.41) is 0.904. The SMILES string of the molecule is Fc1ccc(/C=C(/CBr)C2CCCCC2)c(Br)c1. The lowest BCUT2D eigenvalue weighted by atomic mass is 9.84. The Morgan fingerprint density at radius 3 is 2.61 bits per heavy atom. The molecule has 1 aromatic carbocycles. The highest BCUT2D eigenvalue weighted by atomic mass is 79.9. The van der Waals surface area contributed by atoms with Crippen LogP contribution in [0.3, 0.4) is 0 Å². The first-order chi connectivity index (χ1) is 8.70. The van der Waals surface area contributed by atoms with Gasteiger partial charge >= 0.3 is 0 Å². The summed E-state index contributed by atoms with van der Waals surface area (Å²) in [4.78, 5) is 0. The van der Waals surface area contributed by atoms with Gasteiger partial charge in [0, 0.05) is 9.80 Å². The molecule has 0 N–H and O–H groups in total. The quantitative estimate of drug-likeness (QED) is 0.573. The van der Waals surface area contributed by atoms with Crippen LogP contribution in [0.25, 0.3) is 6.08 Å². The molecule has 0 atom stereocenters. The Morgan fingerprint density at radius 1 is 1.28 bits per heavy atom. The van der Waals surface area contributed by atoms with E-state index in [9.17, 15) is 4.39 Å². The van der Waals surface area contributed by atoms with Gasteiger partial charge in [0.25, 0.3) is 0 Å². The zero-order chi connectivity index (χ0) is 13.0. The van der Waals surface area contributed by atoms with Crippen LogP contribution in [0.2, 0.25) is 0 Å². The normalized spacial score (nSPS) is 18.1. The van der Waals surface area contributed by atoms with E-state index in [0.717, 1.165) is 15.4 Å². The van der Waals surface area contributed by atoms with E-state index in [0.29, 0.717) is 5.92 Å². The van der Waals surface area contributed by atoms with Gasteiger partial charge in [0.15, 0.2) is 0 Å². The monoisotopic (exact) mass is 374 g/mol. The number of benzene rings is 1. The fourth-order valence-electron chi connectivity index (χ4n) is 2.56. The van der Waals surface area contributed by atoms with Crippen LogP contribution in [0, 0.1) is 11.7 Å². The van der Waals surface area contributed by atoms with Gasteiger partial charge in [-0.1, -0.05) is 68.8 Å². The van der Waals surface area contributed by atoms with Crippen molar-refractivity contribution in [1.82, 2.24) is 0 Å². The molecule has 0 amide bonds. The van der Waals surface area contributed by atoms with Gasteiger partial charge in [0.2, 0.25) is 0 Å². The third-order valence-electron chi connectivity index (χ3n) is 3.59. The van der Waals surface area contributed by atoms with Crippen molar-refractivity contribution in [2.75, 3.05) is 5.33 Å². The fourth-order valence-corrected chi connectivity index (χ4v) is 3.64. The van der Waals surface area contributed by atoms with Crippen molar-refractivity contribution >= 4 is 37.9 Å². The topological polar surface area (TPSA) is 0 Å². The summed E-state index contributed by atoms with van der Waals surface area (Å²) >= 11 is 7.02. The van der Waals surface area contributed by atoms with Crippen molar-refractivity contribution in [3.05, 3.63) is 39.6 Å². The molecule has 0 heterocycles. The van der Waals surface area contributed by atoms with Gasteiger partial charge in [-0.3, -0.25) is 0 Å². The summed E-state index contributed by atoms with van der Waals surface area (Å²) in [7, 11) is 0. The van der Waals surface area contributed by atoms with Gasteiger partial charge in [0.05, 0.1) is 0 Å². The first-order valence-electron chi connectivity index (χ1n) is 6.42. The Morgan fingerprint density at radius 2 is 2.00 bits per heavy atom. The largest absolute Gasteiger partial charge is 0.207 e. The number of halogens is 3. The number of hydrogen-bond acceptors (Lipinski definition) is 0. The van der Waals surface area contributed by atoms with Crippen LogP contribution in [0.4, 0.5) is 4.39 Å². The average Bonchev–Trinajstić information content (AvgIpc) is 2.39. The summed E-state index contributed by atoms with van der Waals surface area (Å²) in [5.74, 6) is 0.493. The fraction of sp³-hybridized carbons (Fsp3) is 0.467. The zero-order valence-electron chi connectivity index (χ0n) is 10.3. The summed E-state index contributed by atoms with van der Waals surface area (Å²) < 4.78 is 13.9. The highest BCUT2D eigenvalue weighted by Gasteiger charge is 2.17. The molecule has 1 aliphatic carbocycles. The van der Waals surface area contributed by atoms with Crippen molar-refractivity contribution in [2.24, 2.45) is 5.92 Å². The smallest absolute Gasteiger partial charge is 0.124 e. The number of alkyl halides is 1. The Labute approximate surface area is 125 Å². The van der Waals surface area contributed by atoms with E-state index in [-0.39, 0.29) is 5.82 Å². The third kappa shape index (κ3) is 3.67. The molecule has 3 heteroatoms. The molecule has 0 unspecified atom stereocenters. The second-order valence-electron chi connectivity index (χ2n) is 4.85. The molecule has 2 rings (SSSR count). The molecule has 0 radical (unpaired) electrons. The second kappa shape index (κ2) is 6.85. The predicted molar refractivity (Wildman–Crippen MR) is 82.4 cm³/mol. The van der Waals surface area contributed by atoms with Gasteiger partial charge in [0.1, 0.15) is 5.82 Å². The summed E-state index contributed by atoms with van der Waals surface area (Å²) in [6.45, 7) is 0. The van der Waals surface area contributed by atoms with E-state index >= 15 is 0 Å². The van der Waals surface area contributed by atoms with Gasteiger partial charge in [-0.05, 0) is 36.5 Å². The standard InChI is InChI=1S/C15H17Br2F/c16-10-13(11-4-2-1-3-5-11)8-12-6-7-14(18)9-15(12)17/h6-9,11H,1-5,10H2/b13-8-. The maximum atomic E-state index is 13.1. The highest BCUT2D eigenvalue weighted by molar-refractivity contribution is 9.10. The first kappa shape index (κ1) is 14.3. The number of rotatable bonds is 3. The van der Waals surface area contributed by atoms with Gasteiger partial charge in [-0.2, -0.15) is 0 Å². The van der Waals surface area contributed by atoms with E-state index in [2.05, 4.69) is 37.9 Å². The van der Waals surface area contributed by atoms with Crippen molar-refractivity contribution in [3.63, 3.8) is 0 Å². The molecule has 0 spiro atoms. The summed E-state index contributed by atoms with van der Waals surface area (Å²) in [5.41, 5.74) is 2.50. The minimum atomic E-state index is -0.197. The molecule has 0 aromatic heterocycles. The van der Waals surface area contributed by atoms with Crippen LogP contribution in [0.15, 0.2) is 28.2 Å². The van der Waals surface area contributed by atoms with Crippen molar-refractivity contribution < 1.29 is 4.39 Å². The molecule has 1 aromatic rings. The van der Waals surface area contributed by atoms with Crippen LogP contribution in [-0.4, -0.2) is 5.33 Å². The molecule has 1 fully saturated rings. The number of hydrogen-bond donors (Lipinski definition) is 0. The summed E-state index contributed by atoms with van der Waals surface area (Å²) in [6.07, 6.45) is 8.81. The van der Waals surface area contributed by atoms with E-state index in [1.807, 2.05) is 6.07 Å². The summed E-state index contributed by atoms with van der Waals surface area (Å²) in [6, 6.07) is 4.88. The Balaban J connectivity index is 2.22. The molecule has 18 heavy (non-hydrogen) atoms. The van der Waals surface area contributed by atoms with Crippen LogP contribution < -0.4 is 0 Å². The maximum absolute atomic E-state index is 13.1. The minimum Gasteiger partial charge on any atom is -0.207 e. The molecule has 1 aliphatic rings. The molecule has 98 valence electrons. The van der Waals surface area contributed by atoms with E-state index in [1.54, 1.807) is 0 Å². The molecule has 1 saturated carbocycles. The van der Waals surface area contributed by atoms with Crippen molar-refractivity contribution in [1.29, 1.82) is 0 Å². The number of allylic oxidation sites excluding steroid dienone is 1. The van der Waals surface area contributed by atoms with Crippen LogP contribution in [0.1, 0.15) is 37.7 Å². The van der Waals surface area contributed by atoms with Crippen molar-refractivity contribution in [2.45, 2.75) is 32.1 Å².